The summed E-state index contributed by atoms with van der Waals surface area (Å²) in [5.41, 5.74) is 1.32. The first kappa shape index (κ1) is 16.5. The minimum Gasteiger partial charge on any atom is -0.352 e. The molecule has 0 aromatic heterocycles. The van der Waals surface area contributed by atoms with Gasteiger partial charge in [0.25, 0.3) is 10.0 Å². The van der Waals surface area contributed by atoms with E-state index in [4.69, 9.17) is 11.6 Å². The molecule has 2 aromatic rings. The number of anilines is 1. The first-order valence-corrected chi connectivity index (χ1v) is 8.97. The normalized spacial score (nSPS) is 15.0. The standard InChI is InChI=1S/C16H14ClN3O3S/c17-12-7-5-11(6-8-12)10-18-16(21)9-15-19-13-3-1-2-4-14(13)24(22,23)20-15/h1-8H,9-10H2,(H,18,21)(H,19,20). The third kappa shape index (κ3) is 3.74. The Labute approximate surface area is 144 Å². The molecule has 8 heteroatoms. The number of carbonyl (C=O) groups excluding carboxylic acids is 1. The van der Waals surface area contributed by atoms with Gasteiger partial charge >= 0.3 is 0 Å². The number of rotatable bonds is 4. The van der Waals surface area contributed by atoms with Crippen LogP contribution in [-0.2, 0) is 21.4 Å². The van der Waals surface area contributed by atoms with Crippen molar-refractivity contribution in [3.63, 3.8) is 0 Å². The van der Waals surface area contributed by atoms with Crippen molar-refractivity contribution in [2.45, 2.75) is 17.9 Å². The molecule has 2 N–H and O–H groups in total. The van der Waals surface area contributed by atoms with E-state index in [0.717, 1.165) is 5.56 Å². The van der Waals surface area contributed by atoms with E-state index in [0.29, 0.717) is 17.3 Å². The van der Waals surface area contributed by atoms with Crippen LogP contribution in [-0.4, -0.2) is 20.2 Å². The second-order valence-corrected chi connectivity index (χ2v) is 7.22. The average Bonchev–Trinajstić information content (AvgIpc) is 2.54. The summed E-state index contributed by atoms with van der Waals surface area (Å²) < 4.78 is 27.9. The Balaban J connectivity index is 1.65. The largest absolute Gasteiger partial charge is 0.352 e. The number of carbonyl (C=O) groups is 1. The number of halogens is 1. The first-order valence-electron chi connectivity index (χ1n) is 7.15. The summed E-state index contributed by atoms with van der Waals surface area (Å²) in [4.78, 5) is 12.1. The highest BCUT2D eigenvalue weighted by molar-refractivity contribution is 7.90. The topological polar surface area (TPSA) is 87.6 Å². The van der Waals surface area contributed by atoms with Crippen LogP contribution in [0, 0.1) is 0 Å². The maximum absolute atomic E-state index is 12.1. The molecule has 0 unspecified atom stereocenters. The van der Waals surface area contributed by atoms with Gasteiger partial charge in [0.05, 0.1) is 12.1 Å². The molecule has 124 valence electrons. The Bertz CT molecular complexity index is 908. The fourth-order valence-corrected chi connectivity index (χ4v) is 3.53. The molecule has 1 heterocycles. The lowest BCUT2D eigenvalue weighted by Crippen LogP contribution is -2.30. The van der Waals surface area contributed by atoms with Gasteiger partial charge in [-0.25, -0.2) is 0 Å². The van der Waals surface area contributed by atoms with E-state index in [2.05, 4.69) is 15.0 Å². The molecule has 0 saturated carbocycles. The number of nitrogens with zero attached hydrogens (tertiary/aromatic N) is 1. The van der Waals surface area contributed by atoms with E-state index in [1.54, 1.807) is 42.5 Å². The highest BCUT2D eigenvalue weighted by atomic mass is 35.5. The zero-order chi connectivity index (χ0) is 17.2. The summed E-state index contributed by atoms with van der Waals surface area (Å²) in [6, 6.07) is 13.5. The van der Waals surface area contributed by atoms with Crippen molar-refractivity contribution < 1.29 is 13.2 Å². The summed E-state index contributed by atoms with van der Waals surface area (Å²) in [5, 5.41) is 6.22. The number of hydrogen-bond acceptors (Lipinski definition) is 4. The maximum atomic E-state index is 12.1. The van der Waals surface area contributed by atoms with Gasteiger partial charge in [-0.05, 0) is 29.8 Å². The van der Waals surface area contributed by atoms with Gasteiger partial charge in [-0.2, -0.15) is 8.42 Å². The Kier molecular flexibility index (Phi) is 4.55. The van der Waals surface area contributed by atoms with Crippen molar-refractivity contribution in [3.8, 4) is 0 Å². The van der Waals surface area contributed by atoms with Crippen LogP contribution in [0.15, 0.2) is 57.8 Å². The monoisotopic (exact) mass is 363 g/mol. The minimum absolute atomic E-state index is 0.0994. The minimum atomic E-state index is -3.78. The van der Waals surface area contributed by atoms with E-state index in [-0.39, 0.29) is 23.1 Å². The van der Waals surface area contributed by atoms with Crippen LogP contribution in [0.1, 0.15) is 12.0 Å². The summed E-state index contributed by atoms with van der Waals surface area (Å²) in [6.45, 7) is 0.326. The number of sulfonamides is 1. The van der Waals surface area contributed by atoms with Crippen LogP contribution in [0.2, 0.25) is 5.02 Å². The summed E-state index contributed by atoms with van der Waals surface area (Å²) >= 11 is 5.80. The Morgan fingerprint density at radius 3 is 2.58 bits per heavy atom. The quantitative estimate of drug-likeness (QED) is 0.873. The molecule has 3 rings (SSSR count). The lowest BCUT2D eigenvalue weighted by molar-refractivity contribution is -0.120. The Morgan fingerprint density at radius 2 is 1.83 bits per heavy atom. The molecule has 6 nitrogen and oxygen atoms in total. The van der Waals surface area contributed by atoms with Gasteiger partial charge in [0.2, 0.25) is 5.91 Å². The van der Waals surface area contributed by atoms with Gasteiger partial charge in [-0.15, -0.1) is 4.40 Å². The Hall–Kier alpha value is -2.38. The summed E-state index contributed by atoms with van der Waals surface area (Å²) in [7, 11) is -3.78. The third-order valence-electron chi connectivity index (χ3n) is 3.41. The average molecular weight is 364 g/mol. The molecule has 0 radical (unpaired) electrons. The van der Waals surface area contributed by atoms with E-state index >= 15 is 0 Å². The predicted molar refractivity (Wildman–Crippen MR) is 92.6 cm³/mol. The molecular weight excluding hydrogens is 350 g/mol. The van der Waals surface area contributed by atoms with Crippen molar-refractivity contribution in [2.24, 2.45) is 4.40 Å². The predicted octanol–water partition coefficient (Wildman–Crippen LogP) is 2.56. The molecule has 0 saturated heterocycles. The molecule has 1 aliphatic heterocycles. The first-order chi connectivity index (χ1) is 11.4. The fraction of sp³-hybridized carbons (Fsp3) is 0.125. The number of amidine groups is 1. The lowest BCUT2D eigenvalue weighted by atomic mass is 10.2. The second kappa shape index (κ2) is 6.62. The van der Waals surface area contributed by atoms with E-state index in [1.807, 2.05) is 0 Å². The van der Waals surface area contributed by atoms with Crippen LogP contribution < -0.4 is 10.6 Å². The smallest absolute Gasteiger partial charge is 0.286 e. The van der Waals surface area contributed by atoms with Crippen molar-refractivity contribution in [3.05, 3.63) is 59.1 Å². The molecule has 0 bridgehead atoms. The molecule has 0 spiro atoms. The van der Waals surface area contributed by atoms with E-state index < -0.39 is 10.0 Å². The molecule has 1 amide bonds. The SMILES string of the molecule is O=C(CC1=NS(=O)(=O)c2ccccc2N1)NCc1ccc(Cl)cc1. The van der Waals surface area contributed by atoms with Gasteiger partial charge in [-0.1, -0.05) is 35.9 Å². The van der Waals surface area contributed by atoms with Crippen LogP contribution >= 0.6 is 11.6 Å². The summed E-state index contributed by atoms with van der Waals surface area (Å²) in [6.07, 6.45) is -0.152. The second-order valence-electron chi connectivity index (χ2n) is 5.21. The van der Waals surface area contributed by atoms with Crippen molar-refractivity contribution in [2.75, 3.05) is 5.32 Å². The lowest BCUT2D eigenvalue weighted by Gasteiger charge is -2.17. The van der Waals surface area contributed by atoms with Gasteiger partial charge in [0, 0.05) is 11.6 Å². The highest BCUT2D eigenvalue weighted by Gasteiger charge is 2.25. The van der Waals surface area contributed by atoms with Crippen molar-refractivity contribution in [1.82, 2.24) is 5.32 Å². The Morgan fingerprint density at radius 1 is 1.12 bits per heavy atom. The van der Waals surface area contributed by atoms with Gasteiger partial charge in [-0.3, -0.25) is 4.79 Å². The zero-order valence-corrected chi connectivity index (χ0v) is 14.1. The number of benzene rings is 2. The van der Waals surface area contributed by atoms with Crippen molar-refractivity contribution >= 4 is 39.1 Å². The molecule has 2 aromatic carbocycles. The number of nitrogens with one attached hydrogen (secondary N) is 2. The number of hydrogen-bond donors (Lipinski definition) is 2. The number of fused-ring (bicyclic) bond motifs is 1. The van der Waals surface area contributed by atoms with Gasteiger partial charge in [0.15, 0.2) is 0 Å². The van der Waals surface area contributed by atoms with Crippen LogP contribution in [0.4, 0.5) is 5.69 Å². The highest BCUT2D eigenvalue weighted by Crippen LogP contribution is 2.26. The van der Waals surface area contributed by atoms with Crippen molar-refractivity contribution in [1.29, 1.82) is 0 Å². The van der Waals surface area contributed by atoms with Crippen LogP contribution in [0.3, 0.4) is 0 Å². The maximum Gasteiger partial charge on any atom is 0.286 e. The molecule has 1 aliphatic rings. The van der Waals surface area contributed by atoms with Crippen LogP contribution in [0.25, 0.3) is 0 Å². The molecule has 24 heavy (non-hydrogen) atoms. The van der Waals surface area contributed by atoms with Gasteiger partial charge < -0.3 is 10.6 Å². The van der Waals surface area contributed by atoms with Crippen LogP contribution in [0.5, 0.6) is 0 Å². The molecule has 0 fully saturated rings. The molecule has 0 aliphatic carbocycles. The number of amides is 1. The fourth-order valence-electron chi connectivity index (χ4n) is 2.26. The zero-order valence-electron chi connectivity index (χ0n) is 12.5. The summed E-state index contributed by atoms with van der Waals surface area (Å²) in [5.74, 6) is -0.229. The van der Waals surface area contributed by atoms with E-state index in [9.17, 15) is 13.2 Å². The van der Waals surface area contributed by atoms with Gasteiger partial charge in [0.1, 0.15) is 10.7 Å². The molecular formula is C16H14ClN3O3S. The molecule has 0 atom stereocenters. The van der Waals surface area contributed by atoms with E-state index in [1.165, 1.54) is 6.07 Å². The third-order valence-corrected chi connectivity index (χ3v) is 5.03. The number of para-hydroxylation sites is 1.